The van der Waals surface area contributed by atoms with Crippen LogP contribution in [0.2, 0.25) is 0 Å². The number of hydrogen-bond donors (Lipinski definition) is 2. The van der Waals surface area contributed by atoms with Crippen molar-refractivity contribution in [3.63, 3.8) is 0 Å². The Morgan fingerprint density at radius 2 is 2.26 bits per heavy atom. The topological polar surface area (TPSA) is 67.8 Å². The Balaban J connectivity index is 2.72. The van der Waals surface area contributed by atoms with Gasteiger partial charge >= 0.3 is 0 Å². The molecule has 19 heavy (non-hydrogen) atoms. The van der Waals surface area contributed by atoms with Crippen molar-refractivity contribution in [2.75, 3.05) is 12.9 Å². The third kappa shape index (κ3) is 4.67. The zero-order valence-electron chi connectivity index (χ0n) is 11.7. The van der Waals surface area contributed by atoms with E-state index in [1.54, 1.807) is 7.11 Å². The van der Waals surface area contributed by atoms with E-state index in [1.807, 2.05) is 30.0 Å². The highest BCUT2D eigenvalue weighted by atomic mass is 32.2. The summed E-state index contributed by atoms with van der Waals surface area (Å²) in [7, 11) is 1.58. The minimum atomic E-state index is 0.0654. The molecule has 1 atom stereocenters. The molecule has 5 heteroatoms. The van der Waals surface area contributed by atoms with E-state index in [9.17, 15) is 0 Å². The second kappa shape index (κ2) is 7.94. The lowest BCUT2D eigenvalue weighted by molar-refractivity contribution is 0.318. The van der Waals surface area contributed by atoms with Gasteiger partial charge in [0.2, 0.25) is 0 Å². The molecule has 0 heterocycles. The van der Waals surface area contributed by atoms with Crippen LogP contribution in [0.1, 0.15) is 31.4 Å². The maximum absolute atomic E-state index is 8.71. The molecule has 0 aliphatic carbocycles. The van der Waals surface area contributed by atoms with Crippen molar-refractivity contribution in [2.24, 2.45) is 16.8 Å². The lowest BCUT2D eigenvalue weighted by Crippen LogP contribution is -2.14. The Labute approximate surface area is 119 Å². The quantitative estimate of drug-likeness (QED) is 0.349. The molecule has 0 saturated heterocycles. The maximum Gasteiger partial charge on any atom is 0.173 e. The lowest BCUT2D eigenvalue weighted by atomic mass is 10.1. The predicted molar refractivity (Wildman–Crippen MR) is 81.1 cm³/mol. The molecule has 3 N–H and O–H groups in total. The van der Waals surface area contributed by atoms with Crippen LogP contribution >= 0.6 is 11.8 Å². The normalized spacial score (nSPS) is 13.3. The van der Waals surface area contributed by atoms with Crippen LogP contribution in [-0.2, 0) is 5.75 Å². The van der Waals surface area contributed by atoms with E-state index in [0.717, 1.165) is 17.4 Å². The van der Waals surface area contributed by atoms with E-state index < -0.39 is 0 Å². The van der Waals surface area contributed by atoms with Gasteiger partial charge < -0.3 is 15.7 Å². The van der Waals surface area contributed by atoms with Crippen LogP contribution in [0.4, 0.5) is 0 Å². The van der Waals surface area contributed by atoms with Gasteiger partial charge in [0.25, 0.3) is 0 Å². The molecule has 0 fully saturated rings. The van der Waals surface area contributed by atoms with Crippen molar-refractivity contribution in [1.82, 2.24) is 0 Å². The average molecular weight is 282 g/mol. The summed E-state index contributed by atoms with van der Waals surface area (Å²) in [4.78, 5) is 0. The molecular formula is C14H22N2O2S. The summed E-state index contributed by atoms with van der Waals surface area (Å²) in [6, 6.07) is 5.75. The van der Waals surface area contributed by atoms with Crippen LogP contribution in [0.15, 0.2) is 23.4 Å². The van der Waals surface area contributed by atoms with E-state index in [2.05, 4.69) is 19.0 Å². The zero-order valence-corrected chi connectivity index (χ0v) is 12.5. The van der Waals surface area contributed by atoms with Crippen LogP contribution < -0.4 is 10.5 Å². The van der Waals surface area contributed by atoms with E-state index >= 15 is 0 Å². The first-order valence-corrected chi connectivity index (χ1v) is 7.50. The van der Waals surface area contributed by atoms with Gasteiger partial charge in [0.05, 0.1) is 12.7 Å². The number of rotatable bonds is 7. The van der Waals surface area contributed by atoms with Crippen molar-refractivity contribution >= 4 is 17.6 Å². The SMILES string of the molecule is CCC(C)CSCc1ccc(/C(N)=N/O)c(OC)c1. The molecular weight excluding hydrogens is 260 g/mol. The summed E-state index contributed by atoms with van der Waals surface area (Å²) in [6.07, 6.45) is 1.21. The van der Waals surface area contributed by atoms with Gasteiger partial charge in [-0.05, 0) is 29.4 Å². The summed E-state index contributed by atoms with van der Waals surface area (Å²) in [6.45, 7) is 4.47. The van der Waals surface area contributed by atoms with Crippen molar-refractivity contribution < 1.29 is 9.94 Å². The first-order valence-electron chi connectivity index (χ1n) is 6.34. The molecule has 106 valence electrons. The fourth-order valence-corrected chi connectivity index (χ4v) is 2.76. The van der Waals surface area contributed by atoms with E-state index in [1.165, 1.54) is 12.0 Å². The fourth-order valence-electron chi connectivity index (χ4n) is 1.59. The third-order valence-electron chi connectivity index (χ3n) is 3.02. The van der Waals surface area contributed by atoms with Crippen LogP contribution in [0.3, 0.4) is 0 Å². The molecule has 0 spiro atoms. The van der Waals surface area contributed by atoms with Gasteiger partial charge in [-0.2, -0.15) is 11.8 Å². The molecule has 0 aromatic heterocycles. The van der Waals surface area contributed by atoms with Gasteiger partial charge in [-0.1, -0.05) is 31.5 Å². The van der Waals surface area contributed by atoms with Crippen molar-refractivity contribution in [3.8, 4) is 5.75 Å². The summed E-state index contributed by atoms with van der Waals surface area (Å²) in [5.41, 5.74) is 7.39. The minimum absolute atomic E-state index is 0.0654. The largest absolute Gasteiger partial charge is 0.496 e. The Kier molecular flexibility index (Phi) is 6.56. The number of nitrogens with two attached hydrogens (primary N) is 1. The minimum Gasteiger partial charge on any atom is -0.496 e. The zero-order chi connectivity index (χ0) is 14.3. The predicted octanol–water partition coefficient (Wildman–Crippen LogP) is 3.07. The molecule has 0 radical (unpaired) electrons. The summed E-state index contributed by atoms with van der Waals surface area (Å²) >= 11 is 1.91. The molecule has 0 aliphatic heterocycles. The Hall–Kier alpha value is -1.36. The lowest BCUT2D eigenvalue weighted by Gasteiger charge is -2.11. The smallest absolute Gasteiger partial charge is 0.173 e. The Bertz CT molecular complexity index is 435. The molecule has 1 aromatic rings. The van der Waals surface area contributed by atoms with Gasteiger partial charge in [0.1, 0.15) is 5.75 Å². The van der Waals surface area contributed by atoms with Crippen molar-refractivity contribution in [1.29, 1.82) is 0 Å². The van der Waals surface area contributed by atoms with Crippen LogP contribution in [0, 0.1) is 5.92 Å². The third-order valence-corrected chi connectivity index (χ3v) is 4.36. The van der Waals surface area contributed by atoms with E-state index in [4.69, 9.17) is 15.7 Å². The number of amidine groups is 1. The average Bonchev–Trinajstić information content (AvgIpc) is 2.45. The second-order valence-corrected chi connectivity index (χ2v) is 5.58. The summed E-state index contributed by atoms with van der Waals surface area (Å²) in [5, 5.41) is 11.7. The van der Waals surface area contributed by atoms with Gasteiger partial charge in [-0.3, -0.25) is 0 Å². The Morgan fingerprint density at radius 3 is 2.84 bits per heavy atom. The van der Waals surface area contributed by atoms with E-state index in [-0.39, 0.29) is 5.84 Å². The Morgan fingerprint density at radius 1 is 1.53 bits per heavy atom. The second-order valence-electron chi connectivity index (χ2n) is 4.55. The van der Waals surface area contributed by atoms with Crippen LogP contribution in [-0.4, -0.2) is 23.9 Å². The summed E-state index contributed by atoms with van der Waals surface area (Å²) < 4.78 is 5.28. The maximum atomic E-state index is 8.71. The molecule has 1 unspecified atom stereocenters. The van der Waals surface area contributed by atoms with Gasteiger partial charge in [-0.25, -0.2) is 0 Å². The molecule has 0 bridgehead atoms. The highest BCUT2D eigenvalue weighted by molar-refractivity contribution is 7.98. The first-order chi connectivity index (χ1) is 9.12. The molecule has 1 aromatic carbocycles. The van der Waals surface area contributed by atoms with Gasteiger partial charge in [-0.15, -0.1) is 0 Å². The first kappa shape index (κ1) is 15.7. The van der Waals surface area contributed by atoms with Crippen molar-refractivity contribution in [2.45, 2.75) is 26.0 Å². The monoisotopic (exact) mass is 282 g/mol. The van der Waals surface area contributed by atoms with Gasteiger partial charge in [0.15, 0.2) is 5.84 Å². The number of benzene rings is 1. The molecule has 0 saturated carbocycles. The number of methoxy groups -OCH3 is 1. The molecule has 0 amide bonds. The number of oxime groups is 1. The number of ether oxygens (including phenoxy) is 1. The number of nitrogens with zero attached hydrogens (tertiary/aromatic N) is 1. The van der Waals surface area contributed by atoms with Crippen LogP contribution in [0.25, 0.3) is 0 Å². The number of thioether (sulfide) groups is 1. The standard InChI is InChI=1S/C14H22N2O2S/c1-4-10(2)8-19-9-11-5-6-12(14(15)16-17)13(7-11)18-3/h5-7,10,17H,4,8-9H2,1-3H3,(H2,15,16). The summed E-state index contributed by atoms with van der Waals surface area (Å²) in [5.74, 6) is 3.54. The fraction of sp³-hybridized carbons (Fsp3) is 0.500. The highest BCUT2D eigenvalue weighted by Crippen LogP contribution is 2.24. The highest BCUT2D eigenvalue weighted by Gasteiger charge is 2.09. The van der Waals surface area contributed by atoms with Gasteiger partial charge in [0, 0.05) is 5.75 Å². The molecule has 1 rings (SSSR count). The molecule has 4 nitrogen and oxygen atoms in total. The van der Waals surface area contributed by atoms with Crippen LogP contribution in [0.5, 0.6) is 5.75 Å². The van der Waals surface area contributed by atoms with Crippen molar-refractivity contribution in [3.05, 3.63) is 29.3 Å². The van der Waals surface area contributed by atoms with E-state index in [0.29, 0.717) is 11.3 Å². The number of hydrogen-bond acceptors (Lipinski definition) is 4. The molecule has 0 aliphatic rings.